The van der Waals surface area contributed by atoms with Gasteiger partial charge in [-0.3, -0.25) is 9.20 Å². The first-order valence-electron chi connectivity index (χ1n) is 10.8. The zero-order chi connectivity index (χ0) is 24.4. The van der Waals surface area contributed by atoms with Crippen molar-refractivity contribution in [3.8, 4) is 6.07 Å². The Labute approximate surface area is 193 Å². The van der Waals surface area contributed by atoms with E-state index in [0.717, 1.165) is 5.56 Å². The second-order valence-electron chi connectivity index (χ2n) is 8.90. The van der Waals surface area contributed by atoms with Gasteiger partial charge < -0.3 is 15.3 Å². The number of alkyl halides is 2. The minimum Gasteiger partial charge on any atom is -0.478 e. The highest BCUT2D eigenvalue weighted by Gasteiger charge is 2.72. The van der Waals surface area contributed by atoms with Crippen molar-refractivity contribution in [3.05, 3.63) is 69.1 Å². The summed E-state index contributed by atoms with van der Waals surface area (Å²) in [5.41, 5.74) is 1.38. The molecule has 1 saturated carbocycles. The Morgan fingerprint density at radius 3 is 2.65 bits per heavy atom. The molecule has 1 saturated heterocycles. The van der Waals surface area contributed by atoms with Gasteiger partial charge in [-0.15, -0.1) is 0 Å². The van der Waals surface area contributed by atoms with Gasteiger partial charge in [0.2, 0.25) is 0 Å². The SMILES string of the molecule is Cc1cc([C@@H](C)Nc2ccccc2C(=O)O)c2nc(N3CC4C(C3)C4(F)F)c(C#N)c(=O)n2c1. The molecule has 1 aliphatic carbocycles. The Morgan fingerprint density at radius 1 is 1.32 bits per heavy atom. The Bertz CT molecular complexity index is 1430. The number of benzene rings is 1. The summed E-state index contributed by atoms with van der Waals surface area (Å²) >= 11 is 0. The van der Waals surface area contributed by atoms with Crippen LogP contribution in [0.25, 0.3) is 5.65 Å². The van der Waals surface area contributed by atoms with Crippen LogP contribution >= 0.6 is 0 Å². The number of rotatable bonds is 5. The standard InChI is InChI=1S/C24H21F2N5O3/c1-12-7-15(13(2)28-19-6-4-3-5-14(19)23(33)34)21-29-20(16(8-27)22(32)31(21)9-12)30-10-17-18(11-30)24(17,25)26/h3-7,9,13,17-18,28H,10-11H2,1-2H3,(H,33,34)/t13-,17?,18?/m1/s1. The summed E-state index contributed by atoms with van der Waals surface area (Å²) in [6.07, 6.45) is 1.58. The van der Waals surface area contributed by atoms with Crippen molar-refractivity contribution >= 4 is 23.1 Å². The predicted molar refractivity (Wildman–Crippen MR) is 120 cm³/mol. The highest BCUT2D eigenvalue weighted by atomic mass is 19.3. The first-order chi connectivity index (χ1) is 16.1. The van der Waals surface area contributed by atoms with E-state index >= 15 is 0 Å². The minimum atomic E-state index is -2.70. The van der Waals surface area contributed by atoms with Crippen molar-refractivity contribution in [2.24, 2.45) is 11.8 Å². The molecule has 34 heavy (non-hydrogen) atoms. The summed E-state index contributed by atoms with van der Waals surface area (Å²) in [4.78, 5) is 31.0. The second-order valence-corrected chi connectivity index (χ2v) is 8.90. The van der Waals surface area contributed by atoms with Crippen molar-refractivity contribution in [1.29, 1.82) is 5.26 Å². The molecule has 3 atom stereocenters. The minimum absolute atomic E-state index is 0.0376. The number of hydrogen-bond acceptors (Lipinski definition) is 6. The quantitative estimate of drug-likeness (QED) is 0.594. The van der Waals surface area contributed by atoms with Gasteiger partial charge in [-0.1, -0.05) is 12.1 Å². The third kappa shape index (κ3) is 3.27. The van der Waals surface area contributed by atoms with Crippen LogP contribution in [0.15, 0.2) is 41.3 Å². The molecule has 5 rings (SSSR count). The molecule has 0 amide bonds. The lowest BCUT2D eigenvalue weighted by Gasteiger charge is -2.24. The molecule has 2 unspecified atom stereocenters. The summed E-state index contributed by atoms with van der Waals surface area (Å²) in [6, 6.07) is 9.75. The third-order valence-corrected chi connectivity index (χ3v) is 6.68. The zero-order valence-electron chi connectivity index (χ0n) is 18.4. The fourth-order valence-corrected chi connectivity index (χ4v) is 4.83. The molecule has 3 aromatic rings. The molecule has 0 bridgehead atoms. The van der Waals surface area contributed by atoms with Gasteiger partial charge in [0, 0.05) is 30.5 Å². The fourth-order valence-electron chi connectivity index (χ4n) is 4.83. The average Bonchev–Trinajstić information content (AvgIpc) is 3.13. The number of aryl methyl sites for hydroxylation is 1. The number of carbonyl (C=O) groups is 1. The molecule has 174 valence electrons. The number of para-hydroxylation sites is 1. The van der Waals surface area contributed by atoms with E-state index in [9.17, 15) is 28.7 Å². The van der Waals surface area contributed by atoms with Gasteiger partial charge in [-0.05, 0) is 37.6 Å². The van der Waals surface area contributed by atoms with E-state index in [0.29, 0.717) is 11.3 Å². The number of anilines is 2. The lowest BCUT2D eigenvalue weighted by atomic mass is 10.1. The molecule has 2 aromatic heterocycles. The summed E-state index contributed by atoms with van der Waals surface area (Å²) < 4.78 is 28.7. The Morgan fingerprint density at radius 2 is 2.00 bits per heavy atom. The average molecular weight is 465 g/mol. The molecule has 8 nitrogen and oxygen atoms in total. The largest absolute Gasteiger partial charge is 0.478 e. The van der Waals surface area contributed by atoms with Crippen LogP contribution in [0.1, 0.15) is 40.0 Å². The van der Waals surface area contributed by atoms with Gasteiger partial charge in [0.05, 0.1) is 23.4 Å². The Hall–Kier alpha value is -4.00. The first-order valence-corrected chi connectivity index (χ1v) is 10.8. The molecular weight excluding hydrogens is 444 g/mol. The van der Waals surface area contributed by atoms with E-state index in [4.69, 9.17) is 0 Å². The van der Waals surface area contributed by atoms with E-state index in [1.54, 1.807) is 36.2 Å². The van der Waals surface area contributed by atoms with Crippen molar-refractivity contribution in [1.82, 2.24) is 9.38 Å². The highest BCUT2D eigenvalue weighted by molar-refractivity contribution is 5.94. The maximum atomic E-state index is 13.7. The highest BCUT2D eigenvalue weighted by Crippen LogP contribution is 2.59. The summed E-state index contributed by atoms with van der Waals surface area (Å²) in [7, 11) is 0. The van der Waals surface area contributed by atoms with Crippen molar-refractivity contribution < 1.29 is 18.7 Å². The zero-order valence-corrected chi connectivity index (χ0v) is 18.4. The Kier molecular flexibility index (Phi) is 4.82. The monoisotopic (exact) mass is 465 g/mol. The molecular formula is C24H21F2N5O3. The van der Waals surface area contributed by atoms with Crippen LogP contribution in [0, 0.1) is 30.1 Å². The summed E-state index contributed by atoms with van der Waals surface area (Å²) in [5.74, 6) is -5.24. The molecule has 0 spiro atoms. The third-order valence-electron chi connectivity index (χ3n) is 6.68. The lowest BCUT2D eigenvalue weighted by Crippen LogP contribution is -2.32. The second kappa shape index (κ2) is 7.52. The van der Waals surface area contributed by atoms with Crippen molar-refractivity contribution in [3.63, 3.8) is 0 Å². The molecule has 0 radical (unpaired) electrons. The van der Waals surface area contributed by atoms with Crippen molar-refractivity contribution in [2.75, 3.05) is 23.3 Å². The van der Waals surface area contributed by atoms with Crippen molar-refractivity contribution in [2.45, 2.75) is 25.8 Å². The van der Waals surface area contributed by atoms with Crippen LogP contribution in [0.3, 0.4) is 0 Å². The van der Waals surface area contributed by atoms with Crippen LogP contribution < -0.4 is 15.8 Å². The molecule has 2 N–H and O–H groups in total. The molecule has 1 aromatic carbocycles. The van der Waals surface area contributed by atoms with E-state index in [1.807, 2.05) is 19.1 Å². The van der Waals surface area contributed by atoms with E-state index in [1.165, 1.54) is 10.5 Å². The number of pyridine rings is 1. The van der Waals surface area contributed by atoms with E-state index in [-0.39, 0.29) is 35.7 Å². The predicted octanol–water partition coefficient (Wildman–Crippen LogP) is 3.45. The number of hydrogen-bond donors (Lipinski definition) is 2. The maximum absolute atomic E-state index is 13.7. The normalized spacial score (nSPS) is 21.1. The number of carboxylic acid groups (broad SMARTS) is 1. The van der Waals surface area contributed by atoms with E-state index < -0.39 is 35.3 Å². The van der Waals surface area contributed by atoms with E-state index in [2.05, 4.69) is 10.3 Å². The molecule has 2 aliphatic rings. The van der Waals surface area contributed by atoms with Gasteiger partial charge in [-0.2, -0.15) is 5.26 Å². The van der Waals surface area contributed by atoms with Gasteiger partial charge in [-0.25, -0.2) is 18.6 Å². The molecule has 2 fully saturated rings. The number of nitrogens with one attached hydrogen (secondary N) is 1. The number of nitrogens with zero attached hydrogens (tertiary/aromatic N) is 4. The van der Waals surface area contributed by atoms with Gasteiger partial charge in [0.25, 0.3) is 11.5 Å². The molecule has 10 heteroatoms. The molecule has 1 aliphatic heterocycles. The first kappa shape index (κ1) is 21.8. The number of nitriles is 1. The van der Waals surface area contributed by atoms with Gasteiger partial charge >= 0.3 is 5.97 Å². The van der Waals surface area contributed by atoms with Crippen LogP contribution in [-0.4, -0.2) is 39.5 Å². The number of halogens is 2. The van der Waals surface area contributed by atoms with Crippen LogP contribution in [0.4, 0.5) is 20.3 Å². The molecule has 3 heterocycles. The number of aromatic carboxylic acids is 1. The van der Waals surface area contributed by atoms with Crippen LogP contribution in [0.5, 0.6) is 0 Å². The topological polar surface area (TPSA) is 111 Å². The van der Waals surface area contributed by atoms with Gasteiger partial charge in [0.1, 0.15) is 11.7 Å². The fraction of sp³-hybridized carbons (Fsp3) is 0.333. The Balaban J connectivity index is 1.61. The number of carboxylic acids is 1. The summed E-state index contributed by atoms with van der Waals surface area (Å²) in [6.45, 7) is 3.68. The smallest absolute Gasteiger partial charge is 0.337 e. The number of aromatic nitrogens is 2. The maximum Gasteiger partial charge on any atom is 0.337 e. The van der Waals surface area contributed by atoms with Gasteiger partial charge in [0.15, 0.2) is 11.4 Å². The summed E-state index contributed by atoms with van der Waals surface area (Å²) in [5, 5.41) is 22.3. The van der Waals surface area contributed by atoms with Crippen LogP contribution in [0.2, 0.25) is 0 Å². The van der Waals surface area contributed by atoms with Crippen LogP contribution in [-0.2, 0) is 0 Å². The lowest BCUT2D eigenvalue weighted by molar-refractivity contribution is 0.0697. The number of piperidine rings is 1. The number of fused-ring (bicyclic) bond motifs is 2.